The average molecular weight is 533 g/mol. The van der Waals surface area contributed by atoms with Crippen LogP contribution < -0.4 is 14.2 Å². The second-order valence-electron chi connectivity index (χ2n) is 10.6. The quantitative estimate of drug-likeness (QED) is 0.0712. The highest BCUT2D eigenvalue weighted by atomic mass is 16.6. The maximum atomic E-state index is 12.6. The summed E-state index contributed by atoms with van der Waals surface area (Å²) in [5.41, 5.74) is 0. The first kappa shape index (κ1) is 34.0. The van der Waals surface area contributed by atoms with E-state index in [-0.39, 0.29) is 17.7 Å². The Morgan fingerprint density at radius 2 is 0.947 bits per heavy atom. The molecule has 1 rings (SSSR count). The van der Waals surface area contributed by atoms with E-state index in [1.807, 2.05) is 0 Å². The summed E-state index contributed by atoms with van der Waals surface area (Å²) in [4.78, 5) is 25.1. The summed E-state index contributed by atoms with van der Waals surface area (Å²) < 4.78 is 17.2. The normalized spacial score (nSPS) is 10.9. The van der Waals surface area contributed by atoms with Gasteiger partial charge in [0.2, 0.25) is 0 Å². The van der Waals surface area contributed by atoms with Gasteiger partial charge in [-0.25, -0.2) is 0 Å². The molecule has 0 saturated carbocycles. The maximum absolute atomic E-state index is 12.6. The number of benzene rings is 1. The number of carbonyl (C=O) groups excluding carboxylic acids is 2. The molecule has 0 heterocycles. The summed E-state index contributed by atoms with van der Waals surface area (Å²) in [5.74, 6) is 0.619. The summed E-state index contributed by atoms with van der Waals surface area (Å²) in [7, 11) is 0. The lowest BCUT2D eigenvalue weighted by molar-refractivity contribution is -0.137. The number of unbranched alkanes of at least 4 members (excludes halogenated alkanes) is 16. The van der Waals surface area contributed by atoms with Crippen LogP contribution in [0, 0.1) is 0 Å². The zero-order valence-corrected chi connectivity index (χ0v) is 24.8. The van der Waals surface area contributed by atoms with Crippen molar-refractivity contribution in [2.45, 2.75) is 156 Å². The molecular weight excluding hydrogens is 476 g/mol. The van der Waals surface area contributed by atoms with Gasteiger partial charge < -0.3 is 14.2 Å². The fourth-order valence-electron chi connectivity index (χ4n) is 4.44. The molecule has 0 N–H and O–H groups in total. The molecule has 0 atom stereocenters. The fraction of sp³-hybridized carbons (Fsp3) is 0.758. The van der Waals surface area contributed by atoms with E-state index in [0.29, 0.717) is 30.9 Å². The smallest absolute Gasteiger partial charge is 0.311 e. The van der Waals surface area contributed by atoms with Crippen molar-refractivity contribution in [3.05, 3.63) is 18.2 Å². The highest BCUT2D eigenvalue weighted by molar-refractivity contribution is 5.76. The van der Waals surface area contributed by atoms with Crippen LogP contribution in [0.25, 0.3) is 0 Å². The molecule has 0 radical (unpaired) electrons. The molecule has 0 aliphatic heterocycles. The molecule has 0 spiro atoms. The Balaban J connectivity index is 2.59. The average Bonchev–Trinajstić information content (AvgIpc) is 2.91. The minimum Gasteiger partial charge on any atom is -0.493 e. The molecule has 218 valence electrons. The van der Waals surface area contributed by atoms with Crippen molar-refractivity contribution in [1.82, 2.24) is 0 Å². The zero-order chi connectivity index (χ0) is 27.7. The summed E-state index contributed by atoms with van der Waals surface area (Å²) in [6.45, 7) is 7.25. The molecule has 1 aromatic carbocycles. The number of ether oxygens (including phenoxy) is 3. The van der Waals surface area contributed by atoms with Gasteiger partial charge in [0, 0.05) is 18.9 Å². The van der Waals surface area contributed by atoms with E-state index >= 15 is 0 Å². The molecule has 5 heteroatoms. The highest BCUT2D eigenvalue weighted by Gasteiger charge is 2.15. The summed E-state index contributed by atoms with van der Waals surface area (Å²) in [6, 6.07) is 5.16. The molecule has 0 amide bonds. The standard InChI is InChI=1S/C33H56O5/c1-4-7-10-13-15-17-20-23-32(34)37-30-26-25-29(36-27-22-19-12-9-6-3)28-31(30)38-33(35)24-21-18-16-14-11-8-5-2/h25-26,28H,4-24,27H2,1-3H3. The van der Waals surface area contributed by atoms with E-state index < -0.39 is 0 Å². The van der Waals surface area contributed by atoms with Crippen molar-refractivity contribution in [1.29, 1.82) is 0 Å². The van der Waals surface area contributed by atoms with Crippen molar-refractivity contribution >= 4 is 11.9 Å². The minimum absolute atomic E-state index is 0.273. The van der Waals surface area contributed by atoms with Gasteiger partial charge in [0.25, 0.3) is 0 Å². The van der Waals surface area contributed by atoms with Crippen LogP contribution >= 0.6 is 0 Å². The number of hydrogen-bond donors (Lipinski definition) is 0. The first-order valence-electron chi connectivity index (χ1n) is 15.8. The van der Waals surface area contributed by atoms with E-state index in [9.17, 15) is 9.59 Å². The van der Waals surface area contributed by atoms with E-state index in [2.05, 4.69) is 20.8 Å². The highest BCUT2D eigenvalue weighted by Crippen LogP contribution is 2.33. The van der Waals surface area contributed by atoms with Gasteiger partial charge in [-0.05, 0) is 31.4 Å². The Morgan fingerprint density at radius 3 is 1.45 bits per heavy atom. The third-order valence-corrected chi connectivity index (χ3v) is 6.85. The van der Waals surface area contributed by atoms with Gasteiger partial charge in [0.05, 0.1) is 6.61 Å². The zero-order valence-electron chi connectivity index (χ0n) is 24.8. The van der Waals surface area contributed by atoms with Crippen LogP contribution in [0.1, 0.15) is 156 Å². The van der Waals surface area contributed by atoms with E-state index in [0.717, 1.165) is 51.4 Å². The van der Waals surface area contributed by atoms with Crippen molar-refractivity contribution < 1.29 is 23.8 Å². The van der Waals surface area contributed by atoms with Gasteiger partial charge in [-0.2, -0.15) is 0 Å². The summed E-state index contributed by atoms with van der Waals surface area (Å²) >= 11 is 0. The van der Waals surface area contributed by atoms with Gasteiger partial charge >= 0.3 is 11.9 Å². The third-order valence-electron chi connectivity index (χ3n) is 6.85. The molecule has 0 aliphatic rings. The predicted octanol–water partition coefficient (Wildman–Crippen LogP) is 10.1. The van der Waals surface area contributed by atoms with Crippen LogP contribution in [-0.2, 0) is 9.59 Å². The van der Waals surface area contributed by atoms with Crippen LogP contribution in [0.15, 0.2) is 18.2 Å². The predicted molar refractivity (Wildman–Crippen MR) is 157 cm³/mol. The Kier molecular flexibility index (Phi) is 21.5. The second kappa shape index (κ2) is 24.0. The first-order chi connectivity index (χ1) is 18.6. The number of esters is 2. The van der Waals surface area contributed by atoms with Crippen molar-refractivity contribution in [3.8, 4) is 17.2 Å². The van der Waals surface area contributed by atoms with Crippen molar-refractivity contribution in [3.63, 3.8) is 0 Å². The monoisotopic (exact) mass is 532 g/mol. The fourth-order valence-corrected chi connectivity index (χ4v) is 4.44. The largest absolute Gasteiger partial charge is 0.493 e. The molecule has 0 unspecified atom stereocenters. The first-order valence-corrected chi connectivity index (χ1v) is 15.8. The van der Waals surface area contributed by atoms with Crippen molar-refractivity contribution in [2.75, 3.05) is 6.61 Å². The SMILES string of the molecule is CCCCCCCCCC(=O)Oc1ccc(OCCCCCCC)cc1OC(=O)CCCCCCCCC. The topological polar surface area (TPSA) is 61.8 Å². The Labute approximate surface area is 233 Å². The molecule has 0 bridgehead atoms. The molecule has 5 nitrogen and oxygen atoms in total. The Morgan fingerprint density at radius 1 is 0.526 bits per heavy atom. The van der Waals surface area contributed by atoms with Gasteiger partial charge in [-0.1, -0.05) is 124 Å². The van der Waals surface area contributed by atoms with Gasteiger partial charge in [0.15, 0.2) is 11.5 Å². The molecule has 0 aromatic heterocycles. The Bertz CT molecular complexity index is 730. The van der Waals surface area contributed by atoms with E-state index in [1.54, 1.807) is 18.2 Å². The lowest BCUT2D eigenvalue weighted by atomic mass is 10.1. The molecule has 0 fully saturated rings. The molecule has 0 saturated heterocycles. The molecule has 0 aliphatic carbocycles. The number of carbonyl (C=O) groups is 2. The minimum atomic E-state index is -0.292. The molecular formula is C33H56O5. The second-order valence-corrected chi connectivity index (χ2v) is 10.6. The van der Waals surface area contributed by atoms with Crippen LogP contribution in [0.3, 0.4) is 0 Å². The number of hydrogen-bond acceptors (Lipinski definition) is 5. The lowest BCUT2D eigenvalue weighted by Crippen LogP contribution is -2.12. The maximum Gasteiger partial charge on any atom is 0.311 e. The van der Waals surface area contributed by atoms with Gasteiger partial charge in [-0.15, -0.1) is 0 Å². The van der Waals surface area contributed by atoms with Crippen LogP contribution in [0.2, 0.25) is 0 Å². The van der Waals surface area contributed by atoms with E-state index in [1.165, 1.54) is 70.6 Å². The summed E-state index contributed by atoms with van der Waals surface area (Å²) in [5, 5.41) is 0. The van der Waals surface area contributed by atoms with E-state index in [4.69, 9.17) is 14.2 Å². The molecule has 38 heavy (non-hydrogen) atoms. The van der Waals surface area contributed by atoms with Gasteiger partial charge in [0.1, 0.15) is 5.75 Å². The number of rotatable bonds is 25. The lowest BCUT2D eigenvalue weighted by Gasteiger charge is -2.13. The third kappa shape index (κ3) is 18.3. The summed E-state index contributed by atoms with van der Waals surface area (Å²) in [6.07, 6.45) is 22.5. The Hall–Kier alpha value is -2.04. The molecule has 1 aromatic rings. The van der Waals surface area contributed by atoms with Gasteiger partial charge in [-0.3, -0.25) is 9.59 Å². The van der Waals surface area contributed by atoms with Crippen LogP contribution in [0.5, 0.6) is 17.2 Å². The van der Waals surface area contributed by atoms with Crippen LogP contribution in [-0.4, -0.2) is 18.5 Å². The van der Waals surface area contributed by atoms with Crippen molar-refractivity contribution in [2.24, 2.45) is 0 Å². The van der Waals surface area contributed by atoms with Crippen LogP contribution in [0.4, 0.5) is 0 Å².